The Morgan fingerprint density at radius 1 is 1.15 bits per heavy atom. The predicted octanol–water partition coefficient (Wildman–Crippen LogP) is 3.04. The van der Waals surface area contributed by atoms with Crippen LogP contribution < -0.4 is 5.32 Å². The molecule has 0 fully saturated rings. The average Bonchev–Trinajstić information content (AvgIpc) is 2.53. The first-order valence-electron chi connectivity index (χ1n) is 3.66. The summed E-state index contributed by atoms with van der Waals surface area (Å²) in [5, 5.41) is 11.7. The number of benzene rings is 1. The lowest BCUT2D eigenvalue weighted by Crippen LogP contribution is -1.87. The van der Waals surface area contributed by atoms with Crippen molar-refractivity contribution >= 4 is 38.1 Å². The van der Waals surface area contributed by atoms with E-state index in [-0.39, 0.29) is 0 Å². The van der Waals surface area contributed by atoms with Crippen molar-refractivity contribution in [3.05, 3.63) is 34.2 Å². The number of rotatable bonds is 2. The number of aromatic nitrogens is 2. The molecule has 0 amide bonds. The molecule has 0 aliphatic carbocycles. The minimum atomic E-state index is 0.783. The van der Waals surface area contributed by atoms with Crippen LogP contribution in [0.25, 0.3) is 0 Å². The molecule has 0 spiro atoms. The van der Waals surface area contributed by atoms with Crippen LogP contribution in [0.2, 0.25) is 0 Å². The molecule has 0 aliphatic rings. The van der Waals surface area contributed by atoms with E-state index in [1.54, 1.807) is 0 Å². The minimum Gasteiger partial charge on any atom is -0.330 e. The summed E-state index contributed by atoms with van der Waals surface area (Å²) in [6.07, 6.45) is 0. The highest BCUT2D eigenvalue weighted by Crippen LogP contribution is 2.23. The van der Waals surface area contributed by atoms with Crippen LogP contribution in [-0.2, 0) is 0 Å². The largest absolute Gasteiger partial charge is 0.330 e. The molecule has 13 heavy (non-hydrogen) atoms. The van der Waals surface area contributed by atoms with Gasteiger partial charge in [0.2, 0.25) is 5.13 Å². The van der Waals surface area contributed by atoms with Crippen molar-refractivity contribution in [3.8, 4) is 0 Å². The zero-order chi connectivity index (χ0) is 9.10. The Hall–Kier alpha value is -0.940. The summed E-state index contributed by atoms with van der Waals surface area (Å²) in [7, 11) is 0. The van der Waals surface area contributed by atoms with Gasteiger partial charge in [-0.2, -0.15) is 0 Å². The second kappa shape index (κ2) is 3.85. The predicted molar refractivity (Wildman–Crippen MR) is 57.3 cm³/mol. The van der Waals surface area contributed by atoms with Gasteiger partial charge in [0, 0.05) is 5.69 Å². The topological polar surface area (TPSA) is 37.8 Å². The molecule has 3 nitrogen and oxygen atoms in total. The van der Waals surface area contributed by atoms with E-state index >= 15 is 0 Å². The Labute approximate surface area is 88.0 Å². The molecule has 0 saturated heterocycles. The first-order chi connectivity index (χ1) is 6.34. The molecule has 1 aromatic carbocycles. The Bertz CT molecular complexity index is 387. The summed E-state index contributed by atoms with van der Waals surface area (Å²) in [5.74, 6) is 0. The zero-order valence-corrected chi connectivity index (χ0v) is 8.97. The van der Waals surface area contributed by atoms with Crippen LogP contribution in [0.3, 0.4) is 0 Å². The average molecular weight is 256 g/mol. The molecule has 0 aliphatic heterocycles. The number of nitrogens with one attached hydrogen (secondary N) is 1. The zero-order valence-electron chi connectivity index (χ0n) is 6.57. The lowest BCUT2D eigenvalue weighted by molar-refractivity contribution is 1.07. The van der Waals surface area contributed by atoms with Gasteiger partial charge in [-0.15, -0.1) is 10.2 Å². The third-order valence-corrected chi connectivity index (χ3v) is 2.70. The number of hydrogen-bond acceptors (Lipinski definition) is 4. The summed E-state index contributed by atoms with van der Waals surface area (Å²) in [4.78, 5) is 0. The van der Waals surface area contributed by atoms with Crippen LogP contribution in [0.15, 0.2) is 34.2 Å². The maximum Gasteiger partial charge on any atom is 0.210 e. The van der Waals surface area contributed by atoms with Crippen molar-refractivity contribution < 1.29 is 0 Å². The Balaban J connectivity index is 2.15. The smallest absolute Gasteiger partial charge is 0.210 e. The molecular formula is C8H6BrN3S. The summed E-state index contributed by atoms with van der Waals surface area (Å²) in [5.41, 5.74) is 1.02. The highest BCUT2D eigenvalue weighted by Gasteiger charge is 1.99. The number of nitrogens with zero attached hydrogens (tertiary/aromatic N) is 2. The van der Waals surface area contributed by atoms with Gasteiger partial charge in [-0.05, 0) is 28.1 Å². The summed E-state index contributed by atoms with van der Waals surface area (Å²) >= 11 is 4.72. The van der Waals surface area contributed by atoms with Gasteiger partial charge in [-0.25, -0.2) is 0 Å². The lowest BCUT2D eigenvalue weighted by Gasteiger charge is -1.98. The van der Waals surface area contributed by atoms with Gasteiger partial charge in [0.05, 0.1) is 0 Å². The van der Waals surface area contributed by atoms with Crippen molar-refractivity contribution in [3.63, 3.8) is 0 Å². The summed E-state index contributed by atoms with van der Waals surface area (Å²) in [6.45, 7) is 0. The molecule has 0 bridgehead atoms. The third-order valence-electron chi connectivity index (χ3n) is 1.43. The maximum absolute atomic E-state index is 3.92. The molecule has 2 aromatic rings. The van der Waals surface area contributed by atoms with E-state index < -0.39 is 0 Å². The number of halogens is 1. The second-order valence-electron chi connectivity index (χ2n) is 2.35. The molecule has 2 rings (SSSR count). The van der Waals surface area contributed by atoms with E-state index in [4.69, 9.17) is 0 Å². The van der Waals surface area contributed by atoms with Gasteiger partial charge in [0.15, 0.2) is 3.92 Å². The minimum absolute atomic E-state index is 0.783. The van der Waals surface area contributed by atoms with E-state index in [0.717, 1.165) is 14.7 Å². The molecule has 0 radical (unpaired) electrons. The van der Waals surface area contributed by atoms with Gasteiger partial charge in [0.1, 0.15) is 0 Å². The normalized spacial score (nSPS) is 9.92. The first kappa shape index (κ1) is 8.65. The van der Waals surface area contributed by atoms with E-state index in [2.05, 4.69) is 31.4 Å². The summed E-state index contributed by atoms with van der Waals surface area (Å²) < 4.78 is 0.783. The van der Waals surface area contributed by atoms with Crippen LogP contribution >= 0.6 is 27.3 Å². The highest BCUT2D eigenvalue weighted by molar-refractivity contribution is 9.11. The van der Waals surface area contributed by atoms with Crippen LogP contribution in [0.4, 0.5) is 10.8 Å². The standard InChI is InChI=1S/C8H6BrN3S/c9-7-11-12-8(13-7)10-6-4-2-1-3-5-6/h1-5H,(H,10,12). The van der Waals surface area contributed by atoms with Crippen molar-refractivity contribution in [1.82, 2.24) is 10.2 Å². The van der Waals surface area contributed by atoms with Gasteiger partial charge >= 0.3 is 0 Å². The van der Waals surface area contributed by atoms with E-state index in [1.807, 2.05) is 30.3 Å². The Morgan fingerprint density at radius 2 is 1.92 bits per heavy atom. The molecule has 1 N–H and O–H groups in total. The maximum atomic E-state index is 3.92. The molecule has 0 atom stereocenters. The van der Waals surface area contributed by atoms with Gasteiger partial charge in [-0.1, -0.05) is 29.5 Å². The van der Waals surface area contributed by atoms with E-state index in [1.165, 1.54) is 11.3 Å². The Morgan fingerprint density at radius 3 is 2.54 bits per heavy atom. The molecule has 1 aromatic heterocycles. The van der Waals surface area contributed by atoms with Crippen molar-refractivity contribution in [2.45, 2.75) is 0 Å². The van der Waals surface area contributed by atoms with Crippen LogP contribution in [0.5, 0.6) is 0 Å². The molecular weight excluding hydrogens is 250 g/mol. The monoisotopic (exact) mass is 255 g/mol. The fourth-order valence-electron chi connectivity index (χ4n) is 0.901. The fourth-order valence-corrected chi connectivity index (χ4v) is 1.93. The van der Waals surface area contributed by atoms with E-state index in [0.29, 0.717) is 0 Å². The molecule has 1 heterocycles. The quantitative estimate of drug-likeness (QED) is 0.897. The van der Waals surface area contributed by atoms with Gasteiger partial charge < -0.3 is 5.32 Å². The fraction of sp³-hybridized carbons (Fsp3) is 0. The third kappa shape index (κ3) is 2.26. The Kier molecular flexibility index (Phi) is 2.56. The van der Waals surface area contributed by atoms with Crippen LogP contribution in [0.1, 0.15) is 0 Å². The molecule has 0 unspecified atom stereocenters. The van der Waals surface area contributed by atoms with Crippen molar-refractivity contribution in [2.24, 2.45) is 0 Å². The molecule has 0 saturated carbocycles. The highest BCUT2D eigenvalue weighted by atomic mass is 79.9. The summed E-state index contributed by atoms with van der Waals surface area (Å²) in [6, 6.07) is 9.88. The second-order valence-corrected chi connectivity index (χ2v) is 4.60. The van der Waals surface area contributed by atoms with Crippen LogP contribution in [-0.4, -0.2) is 10.2 Å². The van der Waals surface area contributed by atoms with Gasteiger partial charge in [0.25, 0.3) is 0 Å². The van der Waals surface area contributed by atoms with Crippen LogP contribution in [0, 0.1) is 0 Å². The molecule has 66 valence electrons. The van der Waals surface area contributed by atoms with Crippen molar-refractivity contribution in [1.29, 1.82) is 0 Å². The number of para-hydroxylation sites is 1. The van der Waals surface area contributed by atoms with Crippen molar-refractivity contribution in [2.75, 3.05) is 5.32 Å². The van der Waals surface area contributed by atoms with Gasteiger partial charge in [-0.3, -0.25) is 0 Å². The lowest BCUT2D eigenvalue weighted by atomic mass is 10.3. The SMILES string of the molecule is Brc1nnc(Nc2ccccc2)s1. The first-order valence-corrected chi connectivity index (χ1v) is 5.26. The number of hydrogen-bond donors (Lipinski definition) is 1. The molecule has 5 heteroatoms. The number of anilines is 2. The van der Waals surface area contributed by atoms with E-state index in [9.17, 15) is 0 Å².